The van der Waals surface area contributed by atoms with Gasteiger partial charge in [0.05, 0.1) is 17.9 Å². The van der Waals surface area contributed by atoms with Crippen molar-refractivity contribution in [3.8, 4) is 0 Å². The smallest absolute Gasteiger partial charge is 0.241 e. The summed E-state index contributed by atoms with van der Waals surface area (Å²) in [6.45, 7) is 1.87. The van der Waals surface area contributed by atoms with Crippen LogP contribution in [0.5, 0.6) is 0 Å². The Balaban J connectivity index is 2.54. The van der Waals surface area contributed by atoms with E-state index in [-0.39, 0.29) is 5.91 Å². The Kier molecular flexibility index (Phi) is 3.02. The van der Waals surface area contributed by atoms with Crippen LogP contribution in [0.3, 0.4) is 0 Å². The molecule has 0 spiro atoms. The topological polar surface area (TPSA) is 72.9 Å². The van der Waals surface area contributed by atoms with Gasteiger partial charge in [-0.3, -0.25) is 9.48 Å². The van der Waals surface area contributed by atoms with Crippen molar-refractivity contribution < 1.29 is 4.79 Å². The van der Waals surface area contributed by atoms with Gasteiger partial charge >= 0.3 is 0 Å². The summed E-state index contributed by atoms with van der Waals surface area (Å²) < 4.78 is 1.62. The monoisotopic (exact) mass is 182 g/mol. The Bertz CT molecular complexity index is 294. The molecule has 13 heavy (non-hydrogen) atoms. The number of amides is 1. The number of hydrogen-bond donors (Lipinski definition) is 2. The zero-order valence-electron chi connectivity index (χ0n) is 7.82. The Morgan fingerprint density at radius 3 is 3.00 bits per heavy atom. The highest BCUT2D eigenvalue weighted by Gasteiger charge is 2.11. The molecule has 5 heteroatoms. The molecular weight excluding hydrogens is 168 g/mol. The molecule has 0 aliphatic rings. The van der Waals surface area contributed by atoms with Crippen LogP contribution >= 0.6 is 0 Å². The minimum atomic E-state index is -0.444. The van der Waals surface area contributed by atoms with Gasteiger partial charge < -0.3 is 11.1 Å². The molecule has 1 rings (SSSR count). The zero-order valence-corrected chi connectivity index (χ0v) is 7.82. The number of anilines is 1. The molecule has 1 aromatic heterocycles. The molecular formula is C8H14N4O. The lowest BCUT2D eigenvalue weighted by atomic mass is 10.2. The van der Waals surface area contributed by atoms with Crippen LogP contribution in [-0.4, -0.2) is 21.7 Å². The predicted molar refractivity (Wildman–Crippen MR) is 50.1 cm³/mol. The van der Waals surface area contributed by atoms with Gasteiger partial charge in [0.25, 0.3) is 0 Å². The van der Waals surface area contributed by atoms with E-state index in [1.54, 1.807) is 24.1 Å². The number of carbonyl (C=O) groups is 1. The third-order valence-electron chi connectivity index (χ3n) is 1.75. The highest BCUT2D eigenvalue weighted by molar-refractivity contribution is 5.94. The van der Waals surface area contributed by atoms with Gasteiger partial charge in [-0.2, -0.15) is 5.10 Å². The lowest BCUT2D eigenvalue weighted by molar-refractivity contribution is -0.117. The van der Waals surface area contributed by atoms with Gasteiger partial charge in [0.1, 0.15) is 0 Å². The van der Waals surface area contributed by atoms with Crippen LogP contribution in [0.1, 0.15) is 13.3 Å². The van der Waals surface area contributed by atoms with Gasteiger partial charge in [0.2, 0.25) is 5.91 Å². The molecule has 0 radical (unpaired) electrons. The fourth-order valence-electron chi connectivity index (χ4n) is 0.906. The molecule has 72 valence electrons. The lowest BCUT2D eigenvalue weighted by Gasteiger charge is -2.07. The first-order chi connectivity index (χ1) is 6.13. The van der Waals surface area contributed by atoms with Gasteiger partial charge in [-0.15, -0.1) is 0 Å². The van der Waals surface area contributed by atoms with Crippen LogP contribution in [0.15, 0.2) is 12.4 Å². The number of nitrogens with two attached hydrogens (primary N) is 1. The fraction of sp³-hybridized carbons (Fsp3) is 0.500. The second-order valence-corrected chi connectivity index (χ2v) is 2.91. The van der Waals surface area contributed by atoms with E-state index < -0.39 is 6.04 Å². The number of carbonyl (C=O) groups excluding carboxylic acids is 1. The maximum Gasteiger partial charge on any atom is 0.241 e. The van der Waals surface area contributed by atoms with Crippen LogP contribution in [0.4, 0.5) is 5.69 Å². The standard InChI is InChI=1S/C8H14N4O/c1-3-7(9)8(13)11-6-4-10-12(2)5-6/h4-5,7H,3,9H2,1-2H3,(H,11,13). The summed E-state index contributed by atoms with van der Waals surface area (Å²) in [6, 6.07) is -0.444. The molecule has 1 amide bonds. The Hall–Kier alpha value is -1.36. The molecule has 3 N–H and O–H groups in total. The molecule has 0 saturated carbocycles. The summed E-state index contributed by atoms with van der Waals surface area (Å²) >= 11 is 0. The molecule has 0 saturated heterocycles. The number of nitrogens with one attached hydrogen (secondary N) is 1. The fourth-order valence-corrected chi connectivity index (χ4v) is 0.906. The minimum absolute atomic E-state index is 0.171. The van der Waals surface area contributed by atoms with E-state index in [1.807, 2.05) is 6.92 Å². The summed E-state index contributed by atoms with van der Waals surface area (Å²) in [6.07, 6.45) is 3.94. The van der Waals surface area contributed by atoms with Crippen LogP contribution in [-0.2, 0) is 11.8 Å². The molecule has 1 heterocycles. The van der Waals surface area contributed by atoms with Gasteiger partial charge in [-0.05, 0) is 6.42 Å². The van der Waals surface area contributed by atoms with Gasteiger partial charge in [-0.25, -0.2) is 0 Å². The molecule has 0 aliphatic heterocycles. The van der Waals surface area contributed by atoms with Crippen LogP contribution in [0, 0.1) is 0 Å². The highest BCUT2D eigenvalue weighted by atomic mass is 16.2. The Morgan fingerprint density at radius 1 is 1.85 bits per heavy atom. The number of hydrogen-bond acceptors (Lipinski definition) is 3. The Morgan fingerprint density at radius 2 is 2.54 bits per heavy atom. The van der Waals surface area contributed by atoms with Crippen molar-refractivity contribution in [2.24, 2.45) is 12.8 Å². The summed E-state index contributed by atoms with van der Waals surface area (Å²) in [5.41, 5.74) is 6.21. The highest BCUT2D eigenvalue weighted by Crippen LogP contribution is 2.03. The molecule has 1 atom stereocenters. The van der Waals surface area contributed by atoms with E-state index in [0.717, 1.165) is 0 Å². The van der Waals surface area contributed by atoms with Crippen molar-refractivity contribution >= 4 is 11.6 Å². The number of rotatable bonds is 3. The second-order valence-electron chi connectivity index (χ2n) is 2.91. The molecule has 1 unspecified atom stereocenters. The van der Waals surface area contributed by atoms with Crippen molar-refractivity contribution in [3.05, 3.63) is 12.4 Å². The van der Waals surface area contributed by atoms with Crippen molar-refractivity contribution in [3.63, 3.8) is 0 Å². The normalized spacial score (nSPS) is 12.5. The first-order valence-corrected chi connectivity index (χ1v) is 4.18. The van der Waals surface area contributed by atoms with Crippen molar-refractivity contribution in [1.82, 2.24) is 9.78 Å². The number of aromatic nitrogens is 2. The SMILES string of the molecule is CCC(N)C(=O)Nc1cnn(C)c1. The van der Waals surface area contributed by atoms with Gasteiger partial charge in [-0.1, -0.05) is 6.92 Å². The van der Waals surface area contributed by atoms with Crippen LogP contribution in [0.2, 0.25) is 0 Å². The minimum Gasteiger partial charge on any atom is -0.322 e. The maximum atomic E-state index is 11.3. The largest absolute Gasteiger partial charge is 0.322 e. The van der Waals surface area contributed by atoms with E-state index in [0.29, 0.717) is 12.1 Å². The van der Waals surface area contributed by atoms with Gasteiger partial charge in [0, 0.05) is 13.2 Å². The molecule has 0 bridgehead atoms. The molecule has 0 aromatic carbocycles. The summed E-state index contributed by atoms with van der Waals surface area (Å²) in [5.74, 6) is -0.171. The molecule has 0 fully saturated rings. The quantitative estimate of drug-likeness (QED) is 0.696. The van der Waals surface area contributed by atoms with E-state index in [1.165, 1.54) is 0 Å². The molecule has 5 nitrogen and oxygen atoms in total. The third kappa shape index (κ3) is 2.55. The van der Waals surface area contributed by atoms with Gasteiger partial charge in [0.15, 0.2) is 0 Å². The lowest BCUT2D eigenvalue weighted by Crippen LogP contribution is -2.34. The third-order valence-corrected chi connectivity index (χ3v) is 1.75. The van der Waals surface area contributed by atoms with Crippen LogP contribution in [0.25, 0.3) is 0 Å². The summed E-state index contributed by atoms with van der Waals surface area (Å²) in [7, 11) is 1.79. The van der Waals surface area contributed by atoms with Crippen molar-refractivity contribution in [2.75, 3.05) is 5.32 Å². The Labute approximate surface area is 76.9 Å². The molecule has 1 aromatic rings. The summed E-state index contributed by atoms with van der Waals surface area (Å²) in [5, 5.41) is 6.58. The van der Waals surface area contributed by atoms with Crippen LogP contribution < -0.4 is 11.1 Å². The van der Waals surface area contributed by atoms with E-state index in [4.69, 9.17) is 5.73 Å². The second kappa shape index (κ2) is 4.04. The van der Waals surface area contributed by atoms with E-state index in [2.05, 4.69) is 10.4 Å². The first kappa shape index (κ1) is 9.73. The zero-order chi connectivity index (χ0) is 9.84. The van der Waals surface area contributed by atoms with Crippen molar-refractivity contribution in [1.29, 1.82) is 0 Å². The average Bonchev–Trinajstić information content (AvgIpc) is 2.49. The first-order valence-electron chi connectivity index (χ1n) is 4.18. The van der Waals surface area contributed by atoms with E-state index >= 15 is 0 Å². The average molecular weight is 182 g/mol. The number of aryl methyl sites for hydroxylation is 1. The summed E-state index contributed by atoms with van der Waals surface area (Å²) in [4.78, 5) is 11.3. The van der Waals surface area contributed by atoms with E-state index in [9.17, 15) is 4.79 Å². The van der Waals surface area contributed by atoms with Crippen molar-refractivity contribution in [2.45, 2.75) is 19.4 Å². The molecule has 0 aliphatic carbocycles. The number of nitrogens with zero attached hydrogens (tertiary/aromatic N) is 2. The predicted octanol–water partition coefficient (Wildman–Crippen LogP) is 0.0959. The maximum absolute atomic E-state index is 11.3.